The molecule has 174 valence electrons. The molecule has 0 saturated carbocycles. The Bertz CT molecular complexity index is 1300. The highest BCUT2D eigenvalue weighted by Gasteiger charge is 2.26. The van der Waals surface area contributed by atoms with Gasteiger partial charge in [-0.15, -0.1) is 0 Å². The van der Waals surface area contributed by atoms with Crippen molar-refractivity contribution in [2.45, 2.75) is 26.7 Å². The van der Waals surface area contributed by atoms with E-state index in [0.29, 0.717) is 28.5 Å². The first-order valence-electron chi connectivity index (χ1n) is 10.8. The van der Waals surface area contributed by atoms with E-state index in [1.54, 1.807) is 38.1 Å². The molecule has 34 heavy (non-hydrogen) atoms. The second-order valence-corrected chi connectivity index (χ2v) is 7.47. The highest BCUT2D eigenvalue weighted by Crippen LogP contribution is 2.30. The number of hydrogen-bond donors (Lipinski definition) is 2. The van der Waals surface area contributed by atoms with Gasteiger partial charge in [0.05, 0.1) is 29.7 Å². The van der Waals surface area contributed by atoms with Gasteiger partial charge in [0.2, 0.25) is 5.91 Å². The maximum Gasteiger partial charge on any atom is 0.343 e. The van der Waals surface area contributed by atoms with E-state index in [4.69, 9.17) is 9.15 Å². The van der Waals surface area contributed by atoms with Crippen LogP contribution >= 0.6 is 0 Å². The lowest BCUT2D eigenvalue weighted by molar-refractivity contribution is -0.137. The van der Waals surface area contributed by atoms with E-state index in [1.165, 1.54) is 12.3 Å². The van der Waals surface area contributed by atoms with Gasteiger partial charge in [0.15, 0.2) is 11.7 Å². The quantitative estimate of drug-likeness (QED) is 0.522. The Morgan fingerprint density at radius 3 is 2.71 bits per heavy atom. The van der Waals surface area contributed by atoms with Gasteiger partial charge in [0, 0.05) is 18.5 Å². The number of aryl methyl sites for hydroxylation is 1. The summed E-state index contributed by atoms with van der Waals surface area (Å²) in [6, 6.07) is 13.5. The van der Waals surface area contributed by atoms with Crippen LogP contribution in [0.3, 0.4) is 0 Å². The zero-order valence-electron chi connectivity index (χ0n) is 18.7. The summed E-state index contributed by atoms with van der Waals surface area (Å²) >= 11 is 0. The normalized spacial score (nSPS) is 12.9. The zero-order chi connectivity index (χ0) is 24.1. The number of hydrogen-bond acceptors (Lipinski definition) is 7. The molecule has 2 N–H and O–H groups in total. The van der Waals surface area contributed by atoms with Gasteiger partial charge in [0.25, 0.3) is 0 Å². The number of oxazole rings is 1. The Morgan fingerprint density at radius 1 is 1.15 bits per heavy atom. The predicted octanol–water partition coefficient (Wildman–Crippen LogP) is 4.52. The van der Waals surface area contributed by atoms with Crippen LogP contribution in [0.5, 0.6) is 0 Å². The minimum absolute atomic E-state index is 0.0144. The average molecular weight is 462 g/mol. The topological polar surface area (TPSA) is 106 Å². The maximum atomic E-state index is 14.0. The molecular formula is C25H23FN4O4. The van der Waals surface area contributed by atoms with Crippen molar-refractivity contribution in [3.63, 3.8) is 0 Å². The van der Waals surface area contributed by atoms with E-state index >= 15 is 0 Å². The number of amidine groups is 1. The highest BCUT2D eigenvalue weighted by atomic mass is 19.1. The molecule has 1 aromatic heterocycles. The van der Waals surface area contributed by atoms with E-state index in [-0.39, 0.29) is 36.6 Å². The van der Waals surface area contributed by atoms with Crippen LogP contribution in [0, 0.1) is 5.82 Å². The van der Waals surface area contributed by atoms with Crippen LogP contribution < -0.4 is 10.6 Å². The van der Waals surface area contributed by atoms with Gasteiger partial charge >= 0.3 is 5.97 Å². The van der Waals surface area contributed by atoms with E-state index in [9.17, 15) is 14.0 Å². The number of nitrogens with one attached hydrogen (secondary N) is 2. The fourth-order valence-corrected chi connectivity index (χ4v) is 3.47. The van der Waals surface area contributed by atoms with Crippen LogP contribution in [0.1, 0.15) is 26.2 Å². The summed E-state index contributed by atoms with van der Waals surface area (Å²) < 4.78 is 24.8. The number of aliphatic imine (C=N–C) groups is 1. The van der Waals surface area contributed by atoms with Crippen LogP contribution in [-0.4, -0.2) is 29.3 Å². The van der Waals surface area contributed by atoms with E-state index in [1.807, 2.05) is 18.2 Å². The van der Waals surface area contributed by atoms with Crippen LogP contribution in [0.15, 0.2) is 75.4 Å². The summed E-state index contributed by atoms with van der Waals surface area (Å²) in [4.78, 5) is 34.0. The highest BCUT2D eigenvalue weighted by molar-refractivity contribution is 6.24. The van der Waals surface area contributed by atoms with Crippen LogP contribution in [0.25, 0.3) is 11.3 Å². The molecular weight excluding hydrogens is 439 g/mol. The smallest absolute Gasteiger partial charge is 0.343 e. The van der Waals surface area contributed by atoms with Gasteiger partial charge in [-0.1, -0.05) is 24.3 Å². The third kappa shape index (κ3) is 5.03. The van der Waals surface area contributed by atoms with E-state index in [2.05, 4.69) is 20.6 Å². The lowest BCUT2D eigenvalue weighted by Crippen LogP contribution is -2.35. The second-order valence-electron chi connectivity index (χ2n) is 7.47. The number of benzene rings is 2. The molecule has 0 radical (unpaired) electrons. The summed E-state index contributed by atoms with van der Waals surface area (Å²) in [5, 5.41) is 5.87. The number of carbonyl (C=O) groups is 2. The maximum absolute atomic E-state index is 14.0. The standard InChI is InChI=1S/C25H23FN4O4/c1-3-33-25(32)23-15(2)28-18-10-6-7-11-19(18)29-24(23)30-21(31)12-13-22-27-14-20(34-22)16-8-4-5-9-17(16)26/h4-11,14,28H,3,12-13H2,1-2H3,(H,29,30,31). The minimum Gasteiger partial charge on any atom is -0.462 e. The molecule has 0 unspecified atom stereocenters. The Balaban J connectivity index is 1.50. The van der Waals surface area contributed by atoms with Crippen molar-refractivity contribution >= 4 is 29.1 Å². The molecule has 1 aliphatic heterocycles. The zero-order valence-corrected chi connectivity index (χ0v) is 18.7. The molecule has 0 spiro atoms. The van der Waals surface area contributed by atoms with Crippen molar-refractivity contribution in [2.75, 3.05) is 11.9 Å². The summed E-state index contributed by atoms with van der Waals surface area (Å²) in [6.45, 7) is 3.60. The molecule has 0 aliphatic carbocycles. The molecule has 1 aliphatic rings. The van der Waals surface area contributed by atoms with Crippen LogP contribution in [0.2, 0.25) is 0 Å². The number of esters is 1. The van der Waals surface area contributed by atoms with Crippen LogP contribution in [0.4, 0.5) is 15.8 Å². The van der Waals surface area contributed by atoms with Gasteiger partial charge in [-0.3, -0.25) is 4.79 Å². The van der Waals surface area contributed by atoms with E-state index in [0.717, 1.165) is 0 Å². The summed E-state index contributed by atoms with van der Waals surface area (Å²) in [7, 11) is 0. The lowest BCUT2D eigenvalue weighted by atomic mass is 10.1. The molecule has 0 fully saturated rings. The number of para-hydroxylation sites is 2. The lowest BCUT2D eigenvalue weighted by Gasteiger charge is -2.13. The number of nitrogens with zero attached hydrogens (tertiary/aromatic N) is 2. The molecule has 9 heteroatoms. The van der Waals surface area contributed by atoms with Gasteiger partial charge in [-0.25, -0.2) is 19.2 Å². The largest absolute Gasteiger partial charge is 0.462 e. The number of halogens is 1. The number of allylic oxidation sites excluding steroid dienone is 1. The first-order valence-corrected chi connectivity index (χ1v) is 10.8. The number of rotatable bonds is 6. The first-order chi connectivity index (χ1) is 16.5. The molecule has 0 saturated heterocycles. The van der Waals surface area contributed by atoms with Gasteiger partial charge in [-0.05, 0) is 38.1 Å². The Morgan fingerprint density at radius 2 is 1.91 bits per heavy atom. The average Bonchev–Trinajstić information content (AvgIpc) is 3.23. The Hall–Kier alpha value is -4.27. The monoisotopic (exact) mass is 462 g/mol. The molecule has 1 amide bonds. The number of ether oxygens (including phenoxy) is 1. The minimum atomic E-state index is -0.596. The summed E-state index contributed by atoms with van der Waals surface area (Å²) in [5.41, 5.74) is 2.21. The number of fused-ring (bicyclic) bond motifs is 1. The molecule has 3 aromatic rings. The third-order valence-corrected chi connectivity index (χ3v) is 5.07. The fourth-order valence-electron chi connectivity index (χ4n) is 3.47. The second kappa shape index (κ2) is 10.1. The molecule has 8 nitrogen and oxygen atoms in total. The fraction of sp³-hybridized carbons (Fsp3) is 0.200. The number of carbonyl (C=O) groups excluding carboxylic acids is 2. The van der Waals surface area contributed by atoms with Crippen LogP contribution in [-0.2, 0) is 20.7 Å². The van der Waals surface area contributed by atoms with Crippen molar-refractivity contribution < 1.29 is 23.1 Å². The molecule has 4 rings (SSSR count). The molecule has 0 atom stereocenters. The number of amides is 1. The molecule has 2 aromatic carbocycles. The summed E-state index contributed by atoms with van der Waals surface area (Å²) in [6.07, 6.45) is 1.62. The SMILES string of the molecule is CCOC(=O)C1=C(C)Nc2ccccc2N=C1NC(=O)CCc1ncc(-c2ccccc2F)o1. The number of anilines is 1. The van der Waals surface area contributed by atoms with Gasteiger partial charge < -0.3 is 19.8 Å². The Labute approximate surface area is 195 Å². The van der Waals surface area contributed by atoms with Crippen molar-refractivity contribution in [2.24, 2.45) is 4.99 Å². The first kappa shape index (κ1) is 22.9. The Kier molecular flexibility index (Phi) is 6.82. The van der Waals surface area contributed by atoms with Crippen molar-refractivity contribution in [1.82, 2.24) is 10.3 Å². The predicted molar refractivity (Wildman–Crippen MR) is 125 cm³/mol. The van der Waals surface area contributed by atoms with Gasteiger partial charge in [0.1, 0.15) is 17.2 Å². The van der Waals surface area contributed by atoms with E-state index < -0.39 is 17.7 Å². The molecule has 2 heterocycles. The van der Waals surface area contributed by atoms with Gasteiger partial charge in [-0.2, -0.15) is 0 Å². The van der Waals surface area contributed by atoms with Crippen molar-refractivity contribution in [3.8, 4) is 11.3 Å². The van der Waals surface area contributed by atoms with Crippen molar-refractivity contribution in [1.29, 1.82) is 0 Å². The van der Waals surface area contributed by atoms with Crippen molar-refractivity contribution in [3.05, 3.63) is 77.7 Å². The number of aromatic nitrogens is 1. The summed E-state index contributed by atoms with van der Waals surface area (Å²) in [5.74, 6) is -0.734. The molecule has 0 bridgehead atoms. The third-order valence-electron chi connectivity index (χ3n) is 5.07.